The van der Waals surface area contributed by atoms with Crippen LogP contribution in [0.1, 0.15) is 53.0 Å². The fourth-order valence-corrected chi connectivity index (χ4v) is 5.71. The molecular formula is C31H35Cl2N7O3. The van der Waals surface area contributed by atoms with Crippen molar-refractivity contribution in [3.63, 3.8) is 0 Å². The van der Waals surface area contributed by atoms with E-state index < -0.39 is 11.3 Å². The van der Waals surface area contributed by atoms with Gasteiger partial charge in [0.1, 0.15) is 28.6 Å². The zero-order valence-electron chi connectivity index (χ0n) is 25.1. The van der Waals surface area contributed by atoms with Crippen molar-refractivity contribution in [2.75, 3.05) is 30.3 Å². The molecule has 1 fully saturated rings. The molecule has 1 saturated heterocycles. The SMILES string of the molecule is CC(C)c1ccccc1-n1c(=O)nc(N2CCN(C(=O)OC(C)(C)C)C[C@@H]2C)c2cc(Cl)c(-c3nc(N)ccc3Cl)nc21. The molecule has 0 bridgehead atoms. The minimum atomic E-state index is -0.604. The zero-order valence-corrected chi connectivity index (χ0v) is 26.6. The number of halogens is 2. The van der Waals surface area contributed by atoms with Crippen molar-refractivity contribution in [1.29, 1.82) is 0 Å². The number of carbonyl (C=O) groups excluding carboxylic acids is 1. The van der Waals surface area contributed by atoms with Gasteiger partial charge in [0.15, 0.2) is 5.65 Å². The van der Waals surface area contributed by atoms with Gasteiger partial charge < -0.3 is 20.3 Å². The zero-order chi connectivity index (χ0) is 31.2. The van der Waals surface area contributed by atoms with Crippen LogP contribution >= 0.6 is 23.2 Å². The maximum absolute atomic E-state index is 14.0. The third-order valence-electron chi connectivity index (χ3n) is 7.24. The number of carbonyl (C=O) groups is 1. The standard InChI is InChI=1S/C31H35Cl2N7O3/c1-17(2)19-9-7-8-10-23(19)40-28-20(15-22(33)26(36-28)25-21(32)11-12-24(34)35-25)27(37-29(40)41)39-14-13-38(16-18(39)3)30(42)43-31(4,5)6/h7-12,15,17-18H,13-14,16H2,1-6H3,(H2,34,35)/t18-/m0/s1. The third kappa shape index (κ3) is 6.12. The van der Waals surface area contributed by atoms with Gasteiger partial charge >= 0.3 is 11.8 Å². The topological polar surface area (TPSA) is 119 Å². The maximum atomic E-state index is 14.0. The predicted molar refractivity (Wildman–Crippen MR) is 172 cm³/mol. The van der Waals surface area contributed by atoms with Gasteiger partial charge in [-0.05, 0) is 63.4 Å². The fourth-order valence-electron chi connectivity index (χ4n) is 5.27. The number of benzene rings is 1. The van der Waals surface area contributed by atoms with Gasteiger partial charge in [-0.3, -0.25) is 0 Å². The molecule has 12 heteroatoms. The van der Waals surface area contributed by atoms with Crippen molar-refractivity contribution >= 4 is 52.0 Å². The molecule has 0 saturated carbocycles. The Morgan fingerprint density at radius 2 is 1.72 bits per heavy atom. The van der Waals surface area contributed by atoms with E-state index in [9.17, 15) is 9.59 Å². The highest BCUT2D eigenvalue weighted by Gasteiger charge is 2.32. The monoisotopic (exact) mass is 623 g/mol. The summed E-state index contributed by atoms with van der Waals surface area (Å²) in [5, 5.41) is 1.17. The van der Waals surface area contributed by atoms with Crippen molar-refractivity contribution in [2.45, 2.75) is 59.1 Å². The van der Waals surface area contributed by atoms with Gasteiger partial charge in [-0.15, -0.1) is 0 Å². The number of aromatic nitrogens is 4. The van der Waals surface area contributed by atoms with Crippen molar-refractivity contribution < 1.29 is 9.53 Å². The molecule has 2 N–H and O–H groups in total. The lowest BCUT2D eigenvalue weighted by Crippen LogP contribution is -2.55. The summed E-state index contributed by atoms with van der Waals surface area (Å²) in [5.74, 6) is 0.810. The van der Waals surface area contributed by atoms with Crippen molar-refractivity contribution in [2.24, 2.45) is 0 Å². The molecule has 0 radical (unpaired) electrons. The van der Waals surface area contributed by atoms with E-state index in [0.717, 1.165) is 5.56 Å². The van der Waals surface area contributed by atoms with Gasteiger partial charge in [-0.2, -0.15) is 4.98 Å². The highest BCUT2D eigenvalue weighted by atomic mass is 35.5. The van der Waals surface area contributed by atoms with Gasteiger partial charge in [0.2, 0.25) is 0 Å². The first-order valence-corrected chi connectivity index (χ1v) is 14.9. The first-order valence-electron chi connectivity index (χ1n) is 14.1. The summed E-state index contributed by atoms with van der Waals surface area (Å²) in [4.78, 5) is 44.3. The molecule has 1 aliphatic heterocycles. The van der Waals surface area contributed by atoms with Crippen molar-refractivity contribution in [1.82, 2.24) is 24.4 Å². The largest absolute Gasteiger partial charge is 0.444 e. The Morgan fingerprint density at radius 1 is 1.02 bits per heavy atom. The Kier molecular flexibility index (Phi) is 8.28. The molecule has 4 heterocycles. The summed E-state index contributed by atoms with van der Waals surface area (Å²) >= 11 is 13.4. The average molecular weight is 625 g/mol. The quantitative estimate of drug-likeness (QED) is 0.281. The molecule has 1 aromatic carbocycles. The summed E-state index contributed by atoms with van der Waals surface area (Å²) in [5.41, 5.74) is 7.46. The molecule has 10 nitrogen and oxygen atoms in total. The third-order valence-corrected chi connectivity index (χ3v) is 7.84. The van der Waals surface area contributed by atoms with Crippen LogP contribution in [0.5, 0.6) is 0 Å². The van der Waals surface area contributed by atoms with Crippen molar-refractivity contribution in [3.05, 3.63) is 68.6 Å². The number of hydrogen-bond donors (Lipinski definition) is 1. The normalized spacial score (nSPS) is 15.8. The van der Waals surface area contributed by atoms with Gasteiger partial charge in [-0.1, -0.05) is 55.2 Å². The van der Waals surface area contributed by atoms with Crippen LogP contribution in [-0.2, 0) is 4.74 Å². The number of ether oxygens (including phenoxy) is 1. The number of anilines is 2. The molecule has 1 amide bonds. The molecular weight excluding hydrogens is 589 g/mol. The molecule has 0 spiro atoms. The molecule has 0 aliphatic carbocycles. The number of nitrogens with zero attached hydrogens (tertiary/aromatic N) is 6. The minimum Gasteiger partial charge on any atom is -0.444 e. The number of nitrogen functional groups attached to an aromatic ring is 1. The Hall–Kier alpha value is -3.89. The van der Waals surface area contributed by atoms with E-state index in [0.29, 0.717) is 58.6 Å². The second-order valence-corrected chi connectivity index (χ2v) is 12.8. The van der Waals surface area contributed by atoms with E-state index in [-0.39, 0.29) is 28.9 Å². The highest BCUT2D eigenvalue weighted by molar-refractivity contribution is 6.36. The second kappa shape index (κ2) is 11.7. The Labute approximate surface area is 260 Å². The Morgan fingerprint density at radius 3 is 2.40 bits per heavy atom. The second-order valence-electron chi connectivity index (χ2n) is 12.0. The molecule has 226 valence electrons. The van der Waals surface area contributed by atoms with Gasteiger partial charge in [0.25, 0.3) is 0 Å². The molecule has 43 heavy (non-hydrogen) atoms. The molecule has 5 rings (SSSR count). The van der Waals surface area contributed by atoms with Gasteiger partial charge in [0.05, 0.1) is 21.1 Å². The fraction of sp³-hybridized carbons (Fsp3) is 0.387. The van der Waals surface area contributed by atoms with Crippen LogP contribution in [0.2, 0.25) is 10.0 Å². The van der Waals surface area contributed by atoms with E-state index in [2.05, 4.69) is 23.8 Å². The molecule has 1 aliphatic rings. The van der Waals surface area contributed by atoms with E-state index >= 15 is 0 Å². The number of piperazine rings is 1. The van der Waals surface area contributed by atoms with Crippen LogP contribution in [0, 0.1) is 0 Å². The Balaban J connectivity index is 1.71. The summed E-state index contributed by atoms with van der Waals surface area (Å²) in [6, 6.07) is 12.5. The number of nitrogens with two attached hydrogens (primary N) is 1. The predicted octanol–water partition coefficient (Wildman–Crippen LogP) is 6.30. The molecule has 3 aromatic heterocycles. The van der Waals surface area contributed by atoms with E-state index in [1.807, 2.05) is 56.9 Å². The first-order chi connectivity index (χ1) is 20.2. The lowest BCUT2D eigenvalue weighted by atomic mass is 10.0. The van der Waals surface area contributed by atoms with Crippen LogP contribution in [0.15, 0.2) is 47.3 Å². The summed E-state index contributed by atoms with van der Waals surface area (Å²) in [7, 11) is 0. The Bertz CT molecular complexity index is 1770. The summed E-state index contributed by atoms with van der Waals surface area (Å²) < 4.78 is 7.10. The van der Waals surface area contributed by atoms with E-state index in [1.54, 1.807) is 23.1 Å². The smallest absolute Gasteiger partial charge is 0.410 e. The number of fused-ring (bicyclic) bond motifs is 1. The van der Waals surface area contributed by atoms with E-state index in [1.165, 1.54) is 4.57 Å². The minimum absolute atomic E-state index is 0.121. The van der Waals surface area contributed by atoms with E-state index in [4.69, 9.17) is 38.7 Å². The number of amides is 1. The number of hydrogen-bond acceptors (Lipinski definition) is 8. The number of rotatable bonds is 4. The van der Waals surface area contributed by atoms with Gasteiger partial charge in [0, 0.05) is 25.7 Å². The van der Waals surface area contributed by atoms with Gasteiger partial charge in [-0.25, -0.2) is 24.1 Å². The average Bonchev–Trinajstić information content (AvgIpc) is 2.93. The lowest BCUT2D eigenvalue weighted by Gasteiger charge is -2.41. The maximum Gasteiger partial charge on any atom is 0.410 e. The lowest BCUT2D eigenvalue weighted by molar-refractivity contribution is 0.0218. The van der Waals surface area contributed by atoms with Crippen LogP contribution in [-0.4, -0.2) is 61.8 Å². The molecule has 1 atom stereocenters. The summed E-state index contributed by atoms with van der Waals surface area (Å²) in [6.07, 6.45) is -0.376. The number of para-hydroxylation sites is 1. The van der Waals surface area contributed by atoms with Crippen LogP contribution in [0.3, 0.4) is 0 Å². The molecule has 4 aromatic rings. The highest BCUT2D eigenvalue weighted by Crippen LogP contribution is 2.37. The van der Waals surface area contributed by atoms with Crippen LogP contribution < -0.4 is 16.3 Å². The molecule has 0 unspecified atom stereocenters. The summed E-state index contributed by atoms with van der Waals surface area (Å²) in [6.45, 7) is 12.8. The number of pyridine rings is 2. The first kappa shape index (κ1) is 30.6. The van der Waals surface area contributed by atoms with Crippen molar-refractivity contribution in [3.8, 4) is 17.1 Å². The van der Waals surface area contributed by atoms with Crippen LogP contribution in [0.4, 0.5) is 16.4 Å². The van der Waals surface area contributed by atoms with Crippen LogP contribution in [0.25, 0.3) is 28.1 Å².